The van der Waals surface area contributed by atoms with Gasteiger partial charge in [-0.05, 0) is 63.4 Å². The van der Waals surface area contributed by atoms with Gasteiger partial charge in [0.25, 0.3) is 0 Å². The molecule has 0 aromatic heterocycles. The summed E-state index contributed by atoms with van der Waals surface area (Å²) in [7, 11) is 0. The van der Waals surface area contributed by atoms with Crippen LogP contribution in [0.3, 0.4) is 0 Å². The Labute approximate surface area is 116 Å². The van der Waals surface area contributed by atoms with Crippen LogP contribution in [0.1, 0.15) is 31.7 Å². The maximum atomic E-state index is 12.5. The summed E-state index contributed by atoms with van der Waals surface area (Å²) >= 11 is 0. The van der Waals surface area contributed by atoms with Crippen LogP contribution in [0.15, 0.2) is 24.3 Å². The van der Waals surface area contributed by atoms with Gasteiger partial charge in [-0.3, -0.25) is 4.79 Å². The van der Waals surface area contributed by atoms with E-state index in [9.17, 15) is 4.79 Å². The van der Waals surface area contributed by atoms with Crippen molar-refractivity contribution in [3.63, 3.8) is 0 Å². The molecule has 19 heavy (non-hydrogen) atoms. The first-order chi connectivity index (χ1) is 9.20. The van der Waals surface area contributed by atoms with E-state index in [1.54, 1.807) is 0 Å². The van der Waals surface area contributed by atoms with Crippen molar-refractivity contribution in [1.29, 1.82) is 0 Å². The van der Waals surface area contributed by atoms with Gasteiger partial charge < -0.3 is 10.2 Å². The number of hydrogen-bond acceptors (Lipinski definition) is 2. The van der Waals surface area contributed by atoms with Crippen molar-refractivity contribution < 1.29 is 4.79 Å². The van der Waals surface area contributed by atoms with Gasteiger partial charge in [0.15, 0.2) is 0 Å². The van der Waals surface area contributed by atoms with Crippen molar-refractivity contribution in [1.82, 2.24) is 5.32 Å². The Morgan fingerprint density at radius 1 is 1.47 bits per heavy atom. The topological polar surface area (TPSA) is 32.3 Å². The van der Waals surface area contributed by atoms with Crippen LogP contribution in [-0.4, -0.2) is 25.5 Å². The molecular weight excluding hydrogens is 236 g/mol. The molecule has 104 valence electrons. The number of anilines is 1. The molecule has 1 aromatic carbocycles. The monoisotopic (exact) mass is 260 g/mol. The first kappa shape index (κ1) is 14.1. The molecule has 1 unspecified atom stereocenters. The highest BCUT2D eigenvalue weighted by Crippen LogP contribution is 2.20. The molecule has 1 atom stereocenters. The highest BCUT2D eigenvalue weighted by Gasteiger charge is 2.21. The number of nitrogens with zero attached hydrogens (tertiary/aromatic N) is 1. The Morgan fingerprint density at radius 3 is 2.95 bits per heavy atom. The second kappa shape index (κ2) is 6.71. The zero-order valence-corrected chi connectivity index (χ0v) is 12.0. The van der Waals surface area contributed by atoms with Crippen LogP contribution in [-0.2, 0) is 4.79 Å². The number of carbonyl (C=O) groups is 1. The van der Waals surface area contributed by atoms with Crippen LogP contribution >= 0.6 is 0 Å². The van der Waals surface area contributed by atoms with Crippen LogP contribution in [0, 0.1) is 12.8 Å². The van der Waals surface area contributed by atoms with Gasteiger partial charge in [-0.15, -0.1) is 0 Å². The maximum absolute atomic E-state index is 12.5. The van der Waals surface area contributed by atoms with Crippen LogP contribution < -0.4 is 10.2 Å². The molecule has 0 radical (unpaired) electrons. The minimum absolute atomic E-state index is 0.252. The molecular formula is C16H24N2O. The average molecular weight is 260 g/mol. The molecule has 1 amide bonds. The van der Waals surface area contributed by atoms with Gasteiger partial charge in [-0.1, -0.05) is 12.1 Å². The molecule has 0 spiro atoms. The molecule has 3 heteroatoms. The van der Waals surface area contributed by atoms with E-state index in [2.05, 4.69) is 24.4 Å². The van der Waals surface area contributed by atoms with Gasteiger partial charge in [0.1, 0.15) is 0 Å². The molecule has 1 aliphatic heterocycles. The van der Waals surface area contributed by atoms with Crippen molar-refractivity contribution >= 4 is 11.6 Å². The second-order valence-electron chi connectivity index (χ2n) is 5.39. The van der Waals surface area contributed by atoms with E-state index >= 15 is 0 Å². The Hall–Kier alpha value is -1.35. The van der Waals surface area contributed by atoms with Crippen LogP contribution in [0.4, 0.5) is 5.69 Å². The first-order valence-corrected chi connectivity index (χ1v) is 7.28. The second-order valence-corrected chi connectivity index (χ2v) is 5.39. The quantitative estimate of drug-likeness (QED) is 0.903. The smallest absolute Gasteiger partial charge is 0.227 e. The minimum atomic E-state index is 0.252. The van der Waals surface area contributed by atoms with Gasteiger partial charge in [-0.2, -0.15) is 0 Å². The Balaban J connectivity index is 2.02. The zero-order valence-electron chi connectivity index (χ0n) is 12.0. The molecule has 0 bridgehead atoms. The molecule has 1 aliphatic rings. The van der Waals surface area contributed by atoms with Crippen LogP contribution in [0.25, 0.3) is 0 Å². The van der Waals surface area contributed by atoms with Crippen molar-refractivity contribution in [3.05, 3.63) is 29.8 Å². The Kier molecular flexibility index (Phi) is 4.97. The van der Waals surface area contributed by atoms with E-state index in [1.165, 1.54) is 18.4 Å². The largest absolute Gasteiger partial charge is 0.316 e. The highest BCUT2D eigenvalue weighted by molar-refractivity contribution is 5.93. The lowest BCUT2D eigenvalue weighted by molar-refractivity contribution is -0.119. The molecule has 1 fully saturated rings. The summed E-state index contributed by atoms with van der Waals surface area (Å²) in [5.74, 6) is 0.752. The third kappa shape index (κ3) is 3.80. The van der Waals surface area contributed by atoms with E-state index in [0.29, 0.717) is 12.3 Å². The van der Waals surface area contributed by atoms with E-state index < -0.39 is 0 Å². The summed E-state index contributed by atoms with van der Waals surface area (Å²) in [6, 6.07) is 8.18. The van der Waals surface area contributed by atoms with Crippen molar-refractivity contribution in [2.24, 2.45) is 5.92 Å². The van der Waals surface area contributed by atoms with Crippen LogP contribution in [0.2, 0.25) is 0 Å². The maximum Gasteiger partial charge on any atom is 0.227 e. The van der Waals surface area contributed by atoms with Gasteiger partial charge in [0, 0.05) is 18.7 Å². The van der Waals surface area contributed by atoms with Gasteiger partial charge >= 0.3 is 0 Å². The molecule has 1 heterocycles. The van der Waals surface area contributed by atoms with Crippen molar-refractivity contribution in [2.45, 2.75) is 33.1 Å². The number of hydrogen-bond donors (Lipinski definition) is 1. The molecule has 2 rings (SSSR count). The standard InChI is InChI=1S/C16H24N2O/c1-3-18(15-8-4-6-13(2)10-15)16(19)11-14-7-5-9-17-12-14/h4,6,8,10,14,17H,3,5,7,9,11-12H2,1-2H3. The lowest BCUT2D eigenvalue weighted by Gasteiger charge is -2.26. The number of aryl methyl sites for hydroxylation is 1. The number of carbonyl (C=O) groups excluding carboxylic acids is 1. The number of rotatable bonds is 4. The van der Waals surface area contributed by atoms with E-state index in [4.69, 9.17) is 0 Å². The molecule has 1 saturated heterocycles. The van der Waals surface area contributed by atoms with Crippen molar-refractivity contribution in [2.75, 3.05) is 24.5 Å². The van der Waals surface area contributed by atoms with E-state index in [-0.39, 0.29) is 5.91 Å². The summed E-state index contributed by atoms with van der Waals surface area (Å²) in [5.41, 5.74) is 2.22. The SMILES string of the molecule is CCN(C(=O)CC1CCCNC1)c1cccc(C)c1. The molecule has 0 saturated carbocycles. The fraction of sp³-hybridized carbons (Fsp3) is 0.562. The van der Waals surface area contributed by atoms with Gasteiger partial charge in [0.2, 0.25) is 5.91 Å². The highest BCUT2D eigenvalue weighted by atomic mass is 16.2. The fourth-order valence-electron chi connectivity index (χ4n) is 2.75. The number of nitrogens with one attached hydrogen (secondary N) is 1. The van der Waals surface area contributed by atoms with Crippen LogP contribution in [0.5, 0.6) is 0 Å². The number of amides is 1. The first-order valence-electron chi connectivity index (χ1n) is 7.28. The predicted molar refractivity (Wildman–Crippen MR) is 79.4 cm³/mol. The van der Waals surface area contributed by atoms with E-state index in [1.807, 2.05) is 24.0 Å². The van der Waals surface area contributed by atoms with Gasteiger partial charge in [-0.25, -0.2) is 0 Å². The lowest BCUT2D eigenvalue weighted by atomic mass is 9.95. The third-order valence-electron chi connectivity index (χ3n) is 3.79. The average Bonchev–Trinajstić information content (AvgIpc) is 2.41. The zero-order chi connectivity index (χ0) is 13.7. The Morgan fingerprint density at radius 2 is 2.32 bits per heavy atom. The van der Waals surface area contributed by atoms with Crippen molar-refractivity contribution in [3.8, 4) is 0 Å². The summed E-state index contributed by atoms with van der Waals surface area (Å²) in [5, 5.41) is 3.38. The van der Waals surface area contributed by atoms with Gasteiger partial charge in [0.05, 0.1) is 0 Å². The lowest BCUT2D eigenvalue weighted by Crippen LogP contribution is -2.36. The number of piperidine rings is 1. The predicted octanol–water partition coefficient (Wildman–Crippen LogP) is 2.74. The molecule has 1 aromatic rings. The summed E-state index contributed by atoms with van der Waals surface area (Å²) in [4.78, 5) is 14.4. The Bertz CT molecular complexity index is 425. The normalized spacial score (nSPS) is 19.2. The summed E-state index contributed by atoms with van der Waals surface area (Å²) in [6.45, 7) is 6.92. The molecule has 1 N–H and O–H groups in total. The molecule has 3 nitrogen and oxygen atoms in total. The van der Waals surface area contributed by atoms with E-state index in [0.717, 1.165) is 25.3 Å². The summed E-state index contributed by atoms with van der Waals surface area (Å²) in [6.07, 6.45) is 3.02. The number of benzene rings is 1. The third-order valence-corrected chi connectivity index (χ3v) is 3.79. The minimum Gasteiger partial charge on any atom is -0.316 e. The fourth-order valence-corrected chi connectivity index (χ4v) is 2.75. The summed E-state index contributed by atoms with van der Waals surface area (Å²) < 4.78 is 0. The molecule has 0 aliphatic carbocycles.